The van der Waals surface area contributed by atoms with Crippen LogP contribution in [0.4, 0.5) is 11.4 Å². The summed E-state index contributed by atoms with van der Waals surface area (Å²) in [6, 6.07) is 9.48. The van der Waals surface area contributed by atoms with E-state index in [0.29, 0.717) is 36.7 Å². The van der Waals surface area contributed by atoms with Gasteiger partial charge in [-0.05, 0) is 48.4 Å². The molecule has 0 aliphatic carbocycles. The molecule has 1 saturated heterocycles. The molecule has 1 aromatic heterocycles. The van der Waals surface area contributed by atoms with Crippen LogP contribution < -0.4 is 15.5 Å². The maximum absolute atomic E-state index is 12.8. The molecule has 6 nitrogen and oxygen atoms in total. The summed E-state index contributed by atoms with van der Waals surface area (Å²) in [5, 5.41) is 7.79. The molecule has 1 aliphatic heterocycles. The molecule has 0 radical (unpaired) electrons. The molecule has 2 aromatic rings. The van der Waals surface area contributed by atoms with Gasteiger partial charge in [-0.3, -0.25) is 9.59 Å². The Bertz CT molecular complexity index is 815. The first-order valence-electron chi connectivity index (χ1n) is 10.0. The Hall–Kier alpha value is -2.38. The van der Waals surface area contributed by atoms with E-state index in [1.807, 2.05) is 29.6 Å². The number of methoxy groups -OCH3 is 1. The van der Waals surface area contributed by atoms with Crippen LogP contribution in [0.1, 0.15) is 35.0 Å². The number of ether oxygens (including phenoxy) is 1. The zero-order valence-electron chi connectivity index (χ0n) is 17.1. The number of benzene rings is 1. The Kier molecular flexibility index (Phi) is 7.66. The number of piperidine rings is 1. The zero-order valence-corrected chi connectivity index (χ0v) is 17.9. The number of nitrogens with one attached hydrogen (secondary N) is 2. The number of hydrogen-bond acceptors (Lipinski definition) is 5. The largest absolute Gasteiger partial charge is 0.383 e. The van der Waals surface area contributed by atoms with Gasteiger partial charge in [0, 0.05) is 43.0 Å². The number of nitrogens with zero attached hydrogens (tertiary/aromatic N) is 1. The first-order valence-corrected chi connectivity index (χ1v) is 10.9. The Morgan fingerprint density at radius 1 is 1.24 bits per heavy atom. The molecular formula is C22H29N3O3S. The molecule has 29 heavy (non-hydrogen) atoms. The summed E-state index contributed by atoms with van der Waals surface area (Å²) in [6.07, 6.45) is 2.56. The van der Waals surface area contributed by atoms with E-state index in [-0.39, 0.29) is 11.8 Å². The first kappa shape index (κ1) is 21.3. The number of thiophene rings is 1. The van der Waals surface area contributed by atoms with Crippen molar-refractivity contribution in [3.05, 3.63) is 46.2 Å². The van der Waals surface area contributed by atoms with Crippen molar-refractivity contribution in [2.24, 2.45) is 5.92 Å². The molecule has 0 bridgehead atoms. The number of carbonyl (C=O) groups is 2. The highest BCUT2D eigenvalue weighted by molar-refractivity contribution is 7.10. The monoisotopic (exact) mass is 415 g/mol. The van der Waals surface area contributed by atoms with Crippen LogP contribution in [0.3, 0.4) is 0 Å². The highest BCUT2D eigenvalue weighted by atomic mass is 32.1. The summed E-state index contributed by atoms with van der Waals surface area (Å²) in [5.74, 6) is 0.476. The quantitative estimate of drug-likeness (QED) is 0.647. The topological polar surface area (TPSA) is 70.7 Å². The molecule has 3 rings (SSSR count). The number of hydrogen-bond donors (Lipinski definition) is 2. The zero-order chi connectivity index (χ0) is 20.6. The van der Waals surface area contributed by atoms with Crippen molar-refractivity contribution in [1.29, 1.82) is 0 Å². The molecule has 1 fully saturated rings. The molecule has 0 unspecified atom stereocenters. The number of amides is 2. The van der Waals surface area contributed by atoms with Gasteiger partial charge in [-0.25, -0.2) is 0 Å². The summed E-state index contributed by atoms with van der Waals surface area (Å²) < 4.78 is 5.03. The van der Waals surface area contributed by atoms with Crippen LogP contribution in [0.5, 0.6) is 0 Å². The molecule has 7 heteroatoms. The molecule has 2 amide bonds. The van der Waals surface area contributed by atoms with Crippen LogP contribution in [-0.2, 0) is 16.0 Å². The third-order valence-electron chi connectivity index (χ3n) is 5.16. The lowest BCUT2D eigenvalue weighted by molar-refractivity contribution is -0.115. The van der Waals surface area contributed by atoms with E-state index >= 15 is 0 Å². The fraction of sp³-hybridized carbons (Fsp3) is 0.455. The lowest BCUT2D eigenvalue weighted by Gasteiger charge is -2.33. The van der Waals surface area contributed by atoms with E-state index in [4.69, 9.17) is 4.74 Å². The van der Waals surface area contributed by atoms with E-state index in [1.54, 1.807) is 24.5 Å². The van der Waals surface area contributed by atoms with Crippen LogP contribution in [-0.4, -0.2) is 45.2 Å². The van der Waals surface area contributed by atoms with Gasteiger partial charge in [0.25, 0.3) is 5.91 Å². The second kappa shape index (κ2) is 10.4. The molecule has 2 heterocycles. The molecule has 156 valence electrons. The second-order valence-corrected chi connectivity index (χ2v) is 8.49. The maximum Gasteiger partial charge on any atom is 0.253 e. The van der Waals surface area contributed by atoms with Crippen LogP contribution >= 0.6 is 11.3 Å². The summed E-state index contributed by atoms with van der Waals surface area (Å²) >= 11 is 1.56. The van der Waals surface area contributed by atoms with Crippen molar-refractivity contribution in [2.45, 2.75) is 26.2 Å². The molecule has 2 N–H and O–H groups in total. The van der Waals surface area contributed by atoms with Gasteiger partial charge in [0.15, 0.2) is 0 Å². The molecule has 0 spiro atoms. The SMILES string of the molecule is COCCNC(=O)c1cc(NC(=O)Cc2cccs2)ccc1N1CCC(C)CC1. The second-order valence-electron chi connectivity index (χ2n) is 7.45. The summed E-state index contributed by atoms with van der Waals surface area (Å²) in [7, 11) is 1.61. The lowest BCUT2D eigenvalue weighted by Crippen LogP contribution is -2.35. The maximum atomic E-state index is 12.8. The fourth-order valence-electron chi connectivity index (χ4n) is 3.46. The van der Waals surface area contributed by atoms with Crippen LogP contribution in [0.25, 0.3) is 0 Å². The predicted octanol–water partition coefficient (Wildman–Crippen LogP) is 3.54. The van der Waals surface area contributed by atoms with Gasteiger partial charge in [0.05, 0.1) is 18.6 Å². The van der Waals surface area contributed by atoms with Crippen molar-refractivity contribution in [3.8, 4) is 0 Å². The van der Waals surface area contributed by atoms with E-state index < -0.39 is 0 Å². The summed E-state index contributed by atoms with van der Waals surface area (Å²) in [6.45, 7) is 5.04. The molecule has 1 aliphatic rings. The Morgan fingerprint density at radius 2 is 2.03 bits per heavy atom. The van der Waals surface area contributed by atoms with Crippen molar-refractivity contribution < 1.29 is 14.3 Å². The third-order valence-corrected chi connectivity index (χ3v) is 6.03. The number of carbonyl (C=O) groups excluding carboxylic acids is 2. The third kappa shape index (κ3) is 6.05. The first-order chi connectivity index (χ1) is 14.1. The van der Waals surface area contributed by atoms with Crippen molar-refractivity contribution in [3.63, 3.8) is 0 Å². The Morgan fingerprint density at radius 3 is 2.72 bits per heavy atom. The molecular weight excluding hydrogens is 386 g/mol. The van der Waals surface area contributed by atoms with E-state index in [2.05, 4.69) is 22.5 Å². The minimum Gasteiger partial charge on any atom is -0.383 e. The van der Waals surface area contributed by atoms with Gasteiger partial charge < -0.3 is 20.3 Å². The van der Waals surface area contributed by atoms with Crippen LogP contribution in [0.15, 0.2) is 35.7 Å². The smallest absolute Gasteiger partial charge is 0.253 e. The van der Waals surface area contributed by atoms with E-state index in [1.165, 1.54) is 0 Å². The van der Waals surface area contributed by atoms with Crippen molar-refractivity contribution >= 4 is 34.5 Å². The number of rotatable bonds is 8. The summed E-state index contributed by atoms with van der Waals surface area (Å²) in [5.41, 5.74) is 2.14. The van der Waals surface area contributed by atoms with Gasteiger partial charge in [0.2, 0.25) is 5.91 Å². The molecule has 1 aromatic carbocycles. The Balaban J connectivity index is 1.76. The van der Waals surface area contributed by atoms with Crippen molar-refractivity contribution in [2.75, 3.05) is 43.6 Å². The standard InChI is InChI=1S/C22H29N3O3S/c1-16-7-10-25(11-8-16)20-6-5-17(14-19(20)22(27)23-9-12-28-2)24-21(26)15-18-4-3-13-29-18/h3-6,13-14,16H,7-12,15H2,1-2H3,(H,23,27)(H,24,26). The van der Waals surface area contributed by atoms with Gasteiger partial charge >= 0.3 is 0 Å². The summed E-state index contributed by atoms with van der Waals surface area (Å²) in [4.78, 5) is 28.5. The van der Waals surface area contributed by atoms with E-state index in [0.717, 1.165) is 36.5 Å². The minimum absolute atomic E-state index is 0.0854. The van der Waals surface area contributed by atoms with Crippen LogP contribution in [0.2, 0.25) is 0 Å². The minimum atomic E-state index is -0.148. The highest BCUT2D eigenvalue weighted by Gasteiger charge is 2.22. The lowest BCUT2D eigenvalue weighted by atomic mass is 9.97. The van der Waals surface area contributed by atoms with E-state index in [9.17, 15) is 9.59 Å². The van der Waals surface area contributed by atoms with Crippen molar-refractivity contribution in [1.82, 2.24) is 5.32 Å². The normalized spacial score (nSPS) is 14.6. The van der Waals surface area contributed by atoms with Crippen LogP contribution in [0, 0.1) is 5.92 Å². The molecule has 0 saturated carbocycles. The number of anilines is 2. The van der Waals surface area contributed by atoms with Gasteiger partial charge in [-0.15, -0.1) is 11.3 Å². The molecule has 0 atom stereocenters. The predicted molar refractivity (Wildman–Crippen MR) is 118 cm³/mol. The van der Waals surface area contributed by atoms with Gasteiger partial charge in [-0.1, -0.05) is 13.0 Å². The van der Waals surface area contributed by atoms with Gasteiger partial charge in [0.1, 0.15) is 0 Å². The average molecular weight is 416 g/mol. The Labute approximate surface area is 176 Å². The highest BCUT2D eigenvalue weighted by Crippen LogP contribution is 2.29. The average Bonchev–Trinajstić information content (AvgIpc) is 3.21. The fourth-order valence-corrected chi connectivity index (χ4v) is 4.16. The van der Waals surface area contributed by atoms with Gasteiger partial charge in [-0.2, -0.15) is 0 Å².